The summed E-state index contributed by atoms with van der Waals surface area (Å²) in [7, 11) is 0. The minimum Gasteiger partial charge on any atom is -0.316 e. The summed E-state index contributed by atoms with van der Waals surface area (Å²) < 4.78 is 2.41. The molecule has 1 saturated heterocycles. The Labute approximate surface area is 184 Å². The third kappa shape index (κ3) is 2.74. The summed E-state index contributed by atoms with van der Waals surface area (Å²) in [6, 6.07) is 6.59. The van der Waals surface area contributed by atoms with Crippen LogP contribution in [-0.2, 0) is 6.54 Å². The Morgan fingerprint density at radius 1 is 1.10 bits per heavy atom. The minimum absolute atomic E-state index is 0.0538. The number of hydrogen-bond acceptors (Lipinski definition) is 4. The van der Waals surface area contributed by atoms with Crippen LogP contribution in [0.25, 0.3) is 5.69 Å². The first-order chi connectivity index (χ1) is 14.2. The highest BCUT2D eigenvalue weighted by molar-refractivity contribution is 6.30. The molecule has 0 radical (unpaired) electrons. The average molecular weight is 426 g/mol. The zero-order valence-corrected chi connectivity index (χ0v) is 19.3. The smallest absolute Gasteiger partial charge is 0.155 e. The van der Waals surface area contributed by atoms with Gasteiger partial charge in [-0.15, -0.1) is 10.2 Å². The maximum atomic E-state index is 6.47. The van der Waals surface area contributed by atoms with Crippen molar-refractivity contribution in [1.82, 2.24) is 25.0 Å². The molecule has 2 aromatic rings. The Balaban J connectivity index is 1.52. The van der Waals surface area contributed by atoms with Gasteiger partial charge in [-0.05, 0) is 67.2 Å². The van der Waals surface area contributed by atoms with Crippen LogP contribution in [-0.4, -0.2) is 38.3 Å². The molecule has 3 fully saturated rings. The highest BCUT2D eigenvalue weighted by Crippen LogP contribution is 2.56. The first kappa shape index (κ1) is 19.3. The van der Waals surface area contributed by atoms with Crippen molar-refractivity contribution in [3.05, 3.63) is 40.4 Å². The largest absolute Gasteiger partial charge is 0.316 e. The predicted octanol–water partition coefficient (Wildman–Crippen LogP) is 4.84. The van der Waals surface area contributed by atoms with Gasteiger partial charge in [-0.2, -0.15) is 0 Å². The topological polar surface area (TPSA) is 46.0 Å². The van der Waals surface area contributed by atoms with Gasteiger partial charge in [-0.3, -0.25) is 9.47 Å². The number of halogens is 1. The second kappa shape index (κ2) is 6.08. The van der Waals surface area contributed by atoms with Gasteiger partial charge in [-0.1, -0.05) is 32.4 Å². The molecule has 3 heterocycles. The summed E-state index contributed by atoms with van der Waals surface area (Å²) in [4.78, 5) is 2.69. The van der Waals surface area contributed by atoms with Crippen LogP contribution in [0.4, 0.5) is 0 Å². The normalized spacial score (nSPS) is 27.0. The molecule has 1 spiro atoms. The van der Waals surface area contributed by atoms with Crippen LogP contribution in [0.15, 0.2) is 18.2 Å². The molecule has 30 heavy (non-hydrogen) atoms. The van der Waals surface area contributed by atoms with Crippen LogP contribution < -0.4 is 5.32 Å². The number of nitrogens with zero attached hydrogens (tertiary/aromatic N) is 4. The zero-order valence-electron chi connectivity index (χ0n) is 18.5. The molecule has 2 aliphatic carbocycles. The fourth-order valence-corrected chi connectivity index (χ4v) is 6.27. The Morgan fingerprint density at radius 2 is 1.80 bits per heavy atom. The molecule has 4 aliphatic rings. The predicted molar refractivity (Wildman–Crippen MR) is 119 cm³/mol. The van der Waals surface area contributed by atoms with Crippen molar-refractivity contribution >= 4 is 11.6 Å². The van der Waals surface area contributed by atoms with Gasteiger partial charge in [-0.25, -0.2) is 0 Å². The van der Waals surface area contributed by atoms with Crippen molar-refractivity contribution in [3.63, 3.8) is 0 Å². The molecule has 0 bridgehead atoms. The fraction of sp³-hybridized carbons (Fsp3) is 0.667. The van der Waals surface area contributed by atoms with Crippen molar-refractivity contribution in [3.8, 4) is 5.69 Å². The lowest BCUT2D eigenvalue weighted by molar-refractivity contribution is 0.0313. The number of hydrogen-bond donors (Lipinski definition) is 1. The van der Waals surface area contributed by atoms with Crippen molar-refractivity contribution in [2.24, 2.45) is 10.8 Å². The van der Waals surface area contributed by atoms with E-state index in [2.05, 4.69) is 54.6 Å². The van der Waals surface area contributed by atoms with E-state index in [0.29, 0.717) is 11.3 Å². The van der Waals surface area contributed by atoms with E-state index < -0.39 is 0 Å². The monoisotopic (exact) mass is 425 g/mol. The highest BCUT2D eigenvalue weighted by atomic mass is 35.5. The SMILES string of the molecule is CC(C)(C)C1c2nnc(C3CC4(CNC4)C3)n2-c2ccc(Cl)cc2CN1C1(C)CC1. The Bertz CT molecular complexity index is 1000. The molecule has 160 valence electrons. The van der Waals surface area contributed by atoms with Gasteiger partial charge < -0.3 is 5.32 Å². The lowest BCUT2D eigenvalue weighted by Gasteiger charge is -2.54. The molecule has 2 aliphatic heterocycles. The van der Waals surface area contributed by atoms with E-state index in [1.807, 2.05) is 6.07 Å². The Hall–Kier alpha value is -1.43. The molecule has 0 amide bonds. The number of benzene rings is 1. The number of nitrogens with one attached hydrogen (secondary N) is 1. The van der Waals surface area contributed by atoms with Crippen molar-refractivity contribution < 1.29 is 0 Å². The van der Waals surface area contributed by atoms with Crippen LogP contribution in [0.2, 0.25) is 5.02 Å². The summed E-state index contributed by atoms with van der Waals surface area (Å²) in [5, 5.41) is 14.0. The molecule has 1 aromatic carbocycles. The molecule has 1 N–H and O–H groups in total. The van der Waals surface area contributed by atoms with Crippen LogP contribution in [0.5, 0.6) is 0 Å². The first-order valence-corrected chi connectivity index (χ1v) is 11.8. The van der Waals surface area contributed by atoms with E-state index in [0.717, 1.165) is 36.3 Å². The first-order valence-electron chi connectivity index (χ1n) is 11.4. The standard InChI is InChI=1S/C24H32ClN5/c1-22(2,3)19-21-28-27-20(16-10-24(11-16)13-26-14-24)30(21)18-6-5-17(25)9-15(18)12-29(19)23(4)7-8-23/h5-6,9,16,19,26H,7-8,10-14H2,1-4H3. The van der Waals surface area contributed by atoms with E-state index >= 15 is 0 Å². The molecule has 1 unspecified atom stereocenters. The summed E-state index contributed by atoms with van der Waals surface area (Å²) >= 11 is 6.47. The van der Waals surface area contributed by atoms with Crippen LogP contribution in [0.1, 0.15) is 82.6 Å². The van der Waals surface area contributed by atoms with E-state index in [1.165, 1.54) is 36.9 Å². The third-order valence-electron chi connectivity index (χ3n) is 8.10. The van der Waals surface area contributed by atoms with Crippen LogP contribution in [0, 0.1) is 10.8 Å². The van der Waals surface area contributed by atoms with Gasteiger partial charge in [0.1, 0.15) is 5.82 Å². The molecular weight excluding hydrogens is 394 g/mol. The van der Waals surface area contributed by atoms with E-state index in [4.69, 9.17) is 21.8 Å². The average Bonchev–Trinajstić information content (AvgIpc) is 3.24. The maximum Gasteiger partial charge on any atom is 0.155 e. The van der Waals surface area contributed by atoms with E-state index in [1.54, 1.807) is 0 Å². The van der Waals surface area contributed by atoms with Gasteiger partial charge >= 0.3 is 0 Å². The van der Waals surface area contributed by atoms with Gasteiger partial charge in [0.15, 0.2) is 5.82 Å². The number of fused-ring (bicyclic) bond motifs is 3. The molecule has 2 saturated carbocycles. The molecule has 1 atom stereocenters. The van der Waals surface area contributed by atoms with Crippen LogP contribution in [0.3, 0.4) is 0 Å². The lowest BCUT2D eigenvalue weighted by atomic mass is 9.58. The Morgan fingerprint density at radius 3 is 2.40 bits per heavy atom. The van der Waals surface area contributed by atoms with Gasteiger partial charge in [0.05, 0.1) is 11.7 Å². The van der Waals surface area contributed by atoms with Gasteiger partial charge in [0.25, 0.3) is 0 Å². The summed E-state index contributed by atoms with van der Waals surface area (Å²) in [5.74, 6) is 2.77. The van der Waals surface area contributed by atoms with Crippen molar-refractivity contribution in [2.75, 3.05) is 13.1 Å². The van der Waals surface area contributed by atoms with E-state index in [9.17, 15) is 0 Å². The number of rotatable bonds is 2. The number of aromatic nitrogens is 3. The molecule has 6 rings (SSSR count). The van der Waals surface area contributed by atoms with Crippen LogP contribution >= 0.6 is 11.6 Å². The second-order valence-corrected chi connectivity index (χ2v) is 12.1. The van der Waals surface area contributed by atoms with Gasteiger partial charge in [0.2, 0.25) is 0 Å². The highest BCUT2D eigenvalue weighted by Gasteiger charge is 2.54. The van der Waals surface area contributed by atoms with Crippen molar-refractivity contribution in [1.29, 1.82) is 0 Å². The molecular formula is C24H32ClN5. The Kier molecular flexibility index (Phi) is 3.91. The van der Waals surface area contributed by atoms with Gasteiger partial charge in [0, 0.05) is 36.1 Å². The third-order valence-corrected chi connectivity index (χ3v) is 8.34. The maximum absolute atomic E-state index is 6.47. The fourth-order valence-electron chi connectivity index (χ4n) is 6.07. The quantitative estimate of drug-likeness (QED) is 0.747. The molecule has 1 aromatic heterocycles. The molecule has 5 nitrogen and oxygen atoms in total. The lowest BCUT2D eigenvalue weighted by Crippen LogP contribution is -2.59. The summed E-state index contributed by atoms with van der Waals surface area (Å²) in [6.07, 6.45) is 4.94. The minimum atomic E-state index is 0.0538. The van der Waals surface area contributed by atoms with E-state index in [-0.39, 0.29) is 17.0 Å². The summed E-state index contributed by atoms with van der Waals surface area (Å²) in [5.41, 5.74) is 3.32. The van der Waals surface area contributed by atoms with Crippen molar-refractivity contribution in [2.45, 2.75) is 77.4 Å². The molecule has 6 heteroatoms. The summed E-state index contributed by atoms with van der Waals surface area (Å²) in [6.45, 7) is 12.7. The second-order valence-electron chi connectivity index (χ2n) is 11.6. The zero-order chi connectivity index (χ0) is 20.9.